The Morgan fingerprint density at radius 3 is 2.73 bits per heavy atom. The van der Waals surface area contributed by atoms with E-state index in [0.29, 0.717) is 10.8 Å². The van der Waals surface area contributed by atoms with Gasteiger partial charge in [0.05, 0.1) is 22.7 Å². The van der Waals surface area contributed by atoms with E-state index in [0.717, 1.165) is 63.4 Å². The lowest BCUT2D eigenvalue weighted by molar-refractivity contribution is 0.133. The second-order valence-corrected chi connectivity index (χ2v) is 7.93. The van der Waals surface area contributed by atoms with Crippen LogP contribution in [0.5, 0.6) is 0 Å². The Balaban J connectivity index is 1.48. The number of piperidine rings is 1. The zero-order valence-electron chi connectivity index (χ0n) is 14.1. The highest BCUT2D eigenvalue weighted by Gasteiger charge is 2.38. The van der Waals surface area contributed by atoms with Crippen molar-refractivity contribution in [1.29, 1.82) is 0 Å². The molecule has 1 N–H and O–H groups in total. The summed E-state index contributed by atoms with van der Waals surface area (Å²) >= 11 is 0.945. The highest BCUT2D eigenvalue weighted by Crippen LogP contribution is 2.39. The van der Waals surface area contributed by atoms with Crippen LogP contribution < -0.4 is 10.5 Å². The third-order valence-electron chi connectivity index (χ3n) is 5.19. The molecule has 2 saturated heterocycles. The van der Waals surface area contributed by atoms with Crippen LogP contribution in [-0.4, -0.2) is 36.3 Å². The summed E-state index contributed by atoms with van der Waals surface area (Å²) in [6.45, 7) is 3.16. The first kappa shape index (κ1) is 17.5. The fourth-order valence-corrected chi connectivity index (χ4v) is 4.39. The number of anilines is 1. The molecule has 0 unspecified atom stereocenters. The average molecular weight is 379 g/mol. The van der Waals surface area contributed by atoms with Gasteiger partial charge < -0.3 is 14.6 Å². The minimum atomic E-state index is -0.928. The van der Waals surface area contributed by atoms with E-state index in [9.17, 15) is 13.6 Å². The number of hydrogen-bond acceptors (Lipinski definition) is 5. The van der Waals surface area contributed by atoms with Crippen LogP contribution in [0.1, 0.15) is 19.3 Å². The quantitative estimate of drug-likeness (QED) is 0.888. The van der Waals surface area contributed by atoms with E-state index in [-0.39, 0.29) is 15.9 Å². The number of nitrogens with zero attached hydrogens (tertiary/aromatic N) is 2. The first-order chi connectivity index (χ1) is 12.6. The molecule has 26 heavy (non-hydrogen) atoms. The molecule has 2 fully saturated rings. The summed E-state index contributed by atoms with van der Waals surface area (Å²) in [6, 6.07) is 3.95. The number of aromatic nitrogens is 2. The molecule has 0 atom stereocenters. The Bertz CT molecular complexity index is 858. The molecule has 2 aliphatic heterocycles. The fourth-order valence-electron chi connectivity index (χ4n) is 3.57. The molecular formula is C18H19F2N3O2S. The van der Waals surface area contributed by atoms with E-state index >= 15 is 0 Å². The zero-order valence-corrected chi connectivity index (χ0v) is 15.0. The lowest BCUT2D eigenvalue weighted by Crippen LogP contribution is -2.42. The second kappa shape index (κ2) is 7.00. The molecule has 5 nitrogen and oxygen atoms in total. The molecule has 1 aromatic heterocycles. The Morgan fingerprint density at radius 1 is 1.23 bits per heavy atom. The summed E-state index contributed by atoms with van der Waals surface area (Å²) in [6.07, 6.45) is 4.55. The van der Waals surface area contributed by atoms with Crippen LogP contribution in [-0.2, 0) is 4.74 Å². The van der Waals surface area contributed by atoms with Gasteiger partial charge in [-0.05, 0) is 36.8 Å². The third kappa shape index (κ3) is 3.35. The molecule has 0 amide bonds. The fraction of sp³-hybridized carbons (Fsp3) is 0.444. The van der Waals surface area contributed by atoms with E-state index < -0.39 is 11.6 Å². The number of rotatable bonds is 3. The van der Waals surface area contributed by atoms with Gasteiger partial charge in [-0.3, -0.25) is 4.79 Å². The second-order valence-electron chi connectivity index (χ2n) is 6.84. The van der Waals surface area contributed by atoms with Crippen LogP contribution in [0.3, 0.4) is 0 Å². The van der Waals surface area contributed by atoms with Gasteiger partial charge in [0.25, 0.3) is 5.56 Å². The van der Waals surface area contributed by atoms with E-state index in [1.807, 2.05) is 4.90 Å². The lowest BCUT2D eigenvalue weighted by atomic mass is 9.78. The number of halogens is 2. The first-order valence-corrected chi connectivity index (χ1v) is 9.42. The average Bonchev–Trinajstić information content (AvgIpc) is 3.08. The van der Waals surface area contributed by atoms with Crippen LogP contribution >= 0.6 is 11.8 Å². The largest absolute Gasteiger partial charge is 0.381 e. The Morgan fingerprint density at radius 2 is 2.04 bits per heavy atom. The molecule has 3 heterocycles. The van der Waals surface area contributed by atoms with Gasteiger partial charge in [0, 0.05) is 19.7 Å². The van der Waals surface area contributed by atoms with Gasteiger partial charge in [0.1, 0.15) is 0 Å². The van der Waals surface area contributed by atoms with E-state index in [1.54, 1.807) is 0 Å². The third-order valence-corrected chi connectivity index (χ3v) is 6.15. The Labute approximate surface area is 153 Å². The predicted octanol–water partition coefficient (Wildman–Crippen LogP) is 3.21. The SMILES string of the molecule is O=c1[nH]c(Sc2cccc(F)c2F)cnc1N1CCC2(CCOC2)CC1. The molecule has 0 radical (unpaired) electrons. The van der Waals surface area contributed by atoms with Gasteiger partial charge in [0.15, 0.2) is 17.5 Å². The number of ether oxygens (including phenoxy) is 1. The van der Waals surface area contributed by atoms with Crippen molar-refractivity contribution >= 4 is 17.6 Å². The number of aromatic amines is 1. The van der Waals surface area contributed by atoms with Gasteiger partial charge in [-0.25, -0.2) is 13.8 Å². The van der Waals surface area contributed by atoms with Crippen molar-refractivity contribution < 1.29 is 13.5 Å². The summed E-state index contributed by atoms with van der Waals surface area (Å²) in [7, 11) is 0. The molecule has 1 spiro atoms. The minimum absolute atomic E-state index is 0.108. The lowest BCUT2D eigenvalue weighted by Gasteiger charge is -2.38. The summed E-state index contributed by atoms with van der Waals surface area (Å²) in [5, 5.41) is 0.376. The van der Waals surface area contributed by atoms with Crippen LogP contribution in [0.4, 0.5) is 14.6 Å². The van der Waals surface area contributed by atoms with Crippen molar-refractivity contribution in [3.8, 4) is 0 Å². The van der Waals surface area contributed by atoms with Crippen molar-refractivity contribution in [2.75, 3.05) is 31.2 Å². The molecule has 0 bridgehead atoms. The molecule has 2 aromatic rings. The van der Waals surface area contributed by atoms with Gasteiger partial charge >= 0.3 is 0 Å². The summed E-state index contributed by atoms with van der Waals surface area (Å²) in [5.74, 6) is -1.47. The maximum absolute atomic E-state index is 13.8. The van der Waals surface area contributed by atoms with Gasteiger partial charge in [-0.2, -0.15) is 0 Å². The first-order valence-electron chi connectivity index (χ1n) is 8.60. The monoisotopic (exact) mass is 379 g/mol. The highest BCUT2D eigenvalue weighted by atomic mass is 32.2. The molecule has 0 aliphatic carbocycles. The smallest absolute Gasteiger partial charge is 0.291 e. The molecule has 2 aliphatic rings. The van der Waals surface area contributed by atoms with E-state index in [1.165, 1.54) is 18.3 Å². The topological polar surface area (TPSA) is 58.2 Å². The minimum Gasteiger partial charge on any atom is -0.381 e. The number of hydrogen-bond donors (Lipinski definition) is 1. The number of nitrogens with one attached hydrogen (secondary N) is 1. The normalized spacial score (nSPS) is 19.2. The highest BCUT2D eigenvalue weighted by molar-refractivity contribution is 7.99. The summed E-state index contributed by atoms with van der Waals surface area (Å²) in [5.41, 5.74) is -0.0565. The van der Waals surface area contributed by atoms with Crippen molar-refractivity contribution in [2.24, 2.45) is 5.41 Å². The number of H-pyrrole nitrogens is 1. The summed E-state index contributed by atoms with van der Waals surface area (Å²) < 4.78 is 32.6. The van der Waals surface area contributed by atoms with Gasteiger partial charge in [-0.15, -0.1) is 0 Å². The number of benzene rings is 1. The molecule has 8 heteroatoms. The molecule has 0 saturated carbocycles. The Hall–Kier alpha value is -1.93. The van der Waals surface area contributed by atoms with Gasteiger partial charge in [0.2, 0.25) is 0 Å². The van der Waals surface area contributed by atoms with E-state index in [4.69, 9.17) is 4.74 Å². The maximum atomic E-state index is 13.8. The molecule has 1 aromatic carbocycles. The predicted molar refractivity (Wildman–Crippen MR) is 94.7 cm³/mol. The van der Waals surface area contributed by atoms with Crippen molar-refractivity contribution in [3.63, 3.8) is 0 Å². The molecule has 4 rings (SSSR count). The van der Waals surface area contributed by atoms with Crippen molar-refractivity contribution in [1.82, 2.24) is 9.97 Å². The van der Waals surface area contributed by atoms with Crippen molar-refractivity contribution in [2.45, 2.75) is 29.2 Å². The molecule has 138 valence electrons. The standard InChI is InChI=1S/C18H19F2N3O2S/c19-12-2-1-3-13(15(12)20)26-14-10-21-16(17(24)22-14)23-7-4-18(5-8-23)6-9-25-11-18/h1-3,10H,4-9,11H2,(H,22,24). The van der Waals surface area contributed by atoms with Crippen LogP contribution in [0, 0.1) is 17.0 Å². The van der Waals surface area contributed by atoms with Crippen LogP contribution in [0.15, 0.2) is 39.1 Å². The van der Waals surface area contributed by atoms with Gasteiger partial charge in [-0.1, -0.05) is 17.8 Å². The maximum Gasteiger partial charge on any atom is 0.291 e. The van der Waals surface area contributed by atoms with Crippen LogP contribution in [0.25, 0.3) is 0 Å². The Kier molecular flexibility index (Phi) is 4.71. The zero-order chi connectivity index (χ0) is 18.1. The summed E-state index contributed by atoms with van der Waals surface area (Å²) in [4.78, 5) is 21.5. The van der Waals surface area contributed by atoms with E-state index in [2.05, 4.69) is 9.97 Å². The van der Waals surface area contributed by atoms with Crippen molar-refractivity contribution in [3.05, 3.63) is 46.4 Å². The molecular weight excluding hydrogens is 360 g/mol. The van der Waals surface area contributed by atoms with Crippen LogP contribution in [0.2, 0.25) is 0 Å².